The van der Waals surface area contributed by atoms with E-state index in [1.54, 1.807) is 29.9 Å². The maximum atomic E-state index is 12.9. The number of methoxy groups -OCH3 is 1. The SMILES string of the molecule is CCCCn1c(=O)[nH]c(=O)c2c1nc(-c1cccc(O)c1)n2Cc1ccccc1OC. The molecule has 0 radical (unpaired) electrons. The van der Waals surface area contributed by atoms with Gasteiger partial charge in [0.15, 0.2) is 11.2 Å². The molecule has 8 nitrogen and oxygen atoms in total. The molecule has 2 aromatic carbocycles. The van der Waals surface area contributed by atoms with Gasteiger partial charge in [-0.25, -0.2) is 9.78 Å². The minimum absolute atomic E-state index is 0.0886. The van der Waals surface area contributed by atoms with Crippen molar-refractivity contribution in [1.82, 2.24) is 19.1 Å². The third-order valence-corrected chi connectivity index (χ3v) is 5.25. The fraction of sp³-hybridized carbons (Fsp3) is 0.261. The summed E-state index contributed by atoms with van der Waals surface area (Å²) in [4.78, 5) is 32.6. The van der Waals surface area contributed by atoms with Crippen molar-refractivity contribution >= 4 is 11.2 Å². The number of aromatic amines is 1. The Bertz CT molecular complexity index is 1350. The molecule has 0 fully saturated rings. The smallest absolute Gasteiger partial charge is 0.330 e. The lowest BCUT2D eigenvalue weighted by atomic mass is 10.1. The summed E-state index contributed by atoms with van der Waals surface area (Å²) in [5, 5.41) is 10.0. The number of hydrogen-bond donors (Lipinski definition) is 2. The molecule has 2 aromatic heterocycles. The molecule has 0 saturated carbocycles. The van der Waals surface area contributed by atoms with Crippen LogP contribution in [-0.2, 0) is 13.1 Å². The molecule has 0 saturated heterocycles. The van der Waals surface area contributed by atoms with E-state index in [2.05, 4.69) is 4.98 Å². The molecule has 0 amide bonds. The zero-order valence-electron chi connectivity index (χ0n) is 17.5. The van der Waals surface area contributed by atoms with Gasteiger partial charge < -0.3 is 14.4 Å². The van der Waals surface area contributed by atoms with Crippen molar-refractivity contribution in [2.75, 3.05) is 7.11 Å². The monoisotopic (exact) mass is 420 g/mol. The second-order valence-corrected chi connectivity index (χ2v) is 7.32. The Morgan fingerprint density at radius 1 is 1.10 bits per heavy atom. The van der Waals surface area contributed by atoms with Gasteiger partial charge in [0.25, 0.3) is 5.56 Å². The van der Waals surface area contributed by atoms with E-state index in [-0.39, 0.29) is 5.75 Å². The third-order valence-electron chi connectivity index (χ3n) is 5.25. The molecule has 0 spiro atoms. The number of imidazole rings is 1. The van der Waals surface area contributed by atoms with Crippen LogP contribution in [0.3, 0.4) is 0 Å². The molecule has 0 aliphatic heterocycles. The van der Waals surface area contributed by atoms with Crippen molar-refractivity contribution in [3.63, 3.8) is 0 Å². The number of nitrogens with zero attached hydrogens (tertiary/aromatic N) is 3. The highest BCUT2D eigenvalue weighted by Gasteiger charge is 2.21. The van der Waals surface area contributed by atoms with Crippen LogP contribution in [0.4, 0.5) is 0 Å². The molecular formula is C23H24N4O4. The van der Waals surface area contributed by atoms with E-state index >= 15 is 0 Å². The van der Waals surface area contributed by atoms with E-state index < -0.39 is 11.2 Å². The summed E-state index contributed by atoms with van der Waals surface area (Å²) in [5.41, 5.74) is 1.16. The van der Waals surface area contributed by atoms with Crippen LogP contribution in [0.15, 0.2) is 58.1 Å². The Morgan fingerprint density at radius 2 is 1.90 bits per heavy atom. The summed E-state index contributed by atoms with van der Waals surface area (Å²) in [5.74, 6) is 1.26. The second kappa shape index (κ2) is 8.51. The lowest BCUT2D eigenvalue weighted by Crippen LogP contribution is -2.31. The first kappa shape index (κ1) is 20.5. The number of phenols is 1. The number of hydrogen-bond acceptors (Lipinski definition) is 5. The zero-order valence-corrected chi connectivity index (χ0v) is 17.5. The predicted octanol–water partition coefficient (Wildman–Crippen LogP) is 3.12. The fourth-order valence-electron chi connectivity index (χ4n) is 3.72. The first-order valence-electron chi connectivity index (χ1n) is 10.2. The Hall–Kier alpha value is -3.81. The van der Waals surface area contributed by atoms with Crippen LogP contribution in [0, 0.1) is 0 Å². The quantitative estimate of drug-likeness (QED) is 0.478. The van der Waals surface area contributed by atoms with Gasteiger partial charge in [-0.3, -0.25) is 14.3 Å². The van der Waals surface area contributed by atoms with Crippen molar-refractivity contribution in [3.8, 4) is 22.9 Å². The van der Waals surface area contributed by atoms with Gasteiger partial charge in [0, 0.05) is 17.7 Å². The summed E-state index contributed by atoms with van der Waals surface area (Å²) in [6.45, 7) is 2.79. The van der Waals surface area contributed by atoms with Gasteiger partial charge in [-0.05, 0) is 24.6 Å². The van der Waals surface area contributed by atoms with Crippen molar-refractivity contribution in [1.29, 1.82) is 0 Å². The Balaban J connectivity index is 2.02. The molecule has 4 aromatic rings. The van der Waals surface area contributed by atoms with Gasteiger partial charge in [-0.2, -0.15) is 0 Å². The van der Waals surface area contributed by atoms with Crippen LogP contribution in [0.1, 0.15) is 25.3 Å². The van der Waals surface area contributed by atoms with Crippen molar-refractivity contribution in [3.05, 3.63) is 74.9 Å². The maximum Gasteiger partial charge on any atom is 0.330 e. The number of fused-ring (bicyclic) bond motifs is 1. The van der Waals surface area contributed by atoms with Crippen molar-refractivity contribution in [2.45, 2.75) is 32.9 Å². The molecule has 160 valence electrons. The van der Waals surface area contributed by atoms with Gasteiger partial charge in [0.1, 0.15) is 17.3 Å². The molecule has 0 unspecified atom stereocenters. The summed E-state index contributed by atoms with van der Waals surface area (Å²) in [6.07, 6.45) is 1.68. The van der Waals surface area contributed by atoms with Crippen molar-refractivity contribution in [2.24, 2.45) is 0 Å². The highest BCUT2D eigenvalue weighted by atomic mass is 16.5. The van der Waals surface area contributed by atoms with Gasteiger partial charge >= 0.3 is 5.69 Å². The average molecular weight is 420 g/mol. The van der Waals surface area contributed by atoms with Crippen LogP contribution >= 0.6 is 0 Å². The van der Waals surface area contributed by atoms with E-state index in [4.69, 9.17) is 9.72 Å². The number of aryl methyl sites for hydroxylation is 1. The number of unbranched alkanes of at least 4 members (excludes halogenated alkanes) is 1. The van der Waals surface area contributed by atoms with E-state index in [1.807, 2.05) is 37.3 Å². The average Bonchev–Trinajstić information content (AvgIpc) is 3.13. The predicted molar refractivity (Wildman–Crippen MR) is 119 cm³/mol. The minimum Gasteiger partial charge on any atom is -0.508 e. The summed E-state index contributed by atoms with van der Waals surface area (Å²) in [7, 11) is 1.59. The van der Waals surface area contributed by atoms with Crippen LogP contribution in [0.25, 0.3) is 22.6 Å². The van der Waals surface area contributed by atoms with Crippen molar-refractivity contribution < 1.29 is 9.84 Å². The molecule has 2 heterocycles. The number of rotatable bonds is 7. The Kier molecular flexibility index (Phi) is 5.62. The number of nitrogens with one attached hydrogen (secondary N) is 1. The van der Waals surface area contributed by atoms with Crippen LogP contribution in [0.5, 0.6) is 11.5 Å². The fourth-order valence-corrected chi connectivity index (χ4v) is 3.72. The van der Waals surface area contributed by atoms with E-state index in [0.29, 0.717) is 41.4 Å². The molecule has 2 N–H and O–H groups in total. The number of aromatic nitrogens is 4. The van der Waals surface area contributed by atoms with Gasteiger partial charge in [0.2, 0.25) is 0 Å². The largest absolute Gasteiger partial charge is 0.508 e. The molecule has 4 rings (SSSR count). The first-order chi connectivity index (χ1) is 15.0. The molecule has 0 aliphatic carbocycles. The lowest BCUT2D eigenvalue weighted by molar-refractivity contribution is 0.408. The van der Waals surface area contributed by atoms with Gasteiger partial charge in [-0.15, -0.1) is 0 Å². The highest BCUT2D eigenvalue weighted by molar-refractivity contribution is 5.77. The molecule has 8 heteroatoms. The van der Waals surface area contributed by atoms with E-state index in [0.717, 1.165) is 18.4 Å². The summed E-state index contributed by atoms with van der Waals surface area (Å²) < 4.78 is 8.75. The molecule has 0 aliphatic rings. The topological polar surface area (TPSA) is 102 Å². The van der Waals surface area contributed by atoms with Crippen LogP contribution in [0.2, 0.25) is 0 Å². The minimum atomic E-state index is -0.499. The molecular weight excluding hydrogens is 396 g/mol. The van der Waals surface area contributed by atoms with Crippen LogP contribution < -0.4 is 16.0 Å². The molecule has 0 atom stereocenters. The van der Waals surface area contributed by atoms with Gasteiger partial charge in [-0.1, -0.05) is 43.7 Å². The maximum absolute atomic E-state index is 12.9. The second-order valence-electron chi connectivity index (χ2n) is 7.32. The number of para-hydroxylation sites is 1. The summed E-state index contributed by atoms with van der Waals surface area (Å²) >= 11 is 0. The zero-order chi connectivity index (χ0) is 22.0. The molecule has 0 bridgehead atoms. The van der Waals surface area contributed by atoms with E-state index in [9.17, 15) is 14.7 Å². The summed E-state index contributed by atoms with van der Waals surface area (Å²) in [6, 6.07) is 14.2. The Morgan fingerprint density at radius 3 is 2.65 bits per heavy atom. The van der Waals surface area contributed by atoms with Gasteiger partial charge in [0.05, 0.1) is 13.7 Å². The standard InChI is InChI=1S/C23H24N4O4/c1-3-4-12-26-21-19(22(29)25-23(26)30)27(14-16-8-5-6-11-18(16)31-2)20(24-21)15-9-7-10-17(28)13-15/h5-11,13,28H,3-4,12,14H2,1-2H3,(H,25,29,30). The number of ether oxygens (including phenoxy) is 1. The number of benzene rings is 2. The molecule has 31 heavy (non-hydrogen) atoms. The highest BCUT2D eigenvalue weighted by Crippen LogP contribution is 2.28. The third kappa shape index (κ3) is 3.84. The first-order valence-corrected chi connectivity index (χ1v) is 10.2. The number of phenolic OH excluding ortho intramolecular Hbond substituents is 1. The number of aromatic hydroxyl groups is 1. The Labute approximate surface area is 178 Å². The van der Waals surface area contributed by atoms with Crippen LogP contribution in [-0.4, -0.2) is 31.3 Å². The lowest BCUT2D eigenvalue weighted by Gasteiger charge is -2.12. The van der Waals surface area contributed by atoms with E-state index in [1.165, 1.54) is 4.57 Å². The number of H-pyrrole nitrogens is 1. The normalized spacial score (nSPS) is 11.2.